The van der Waals surface area contributed by atoms with Gasteiger partial charge in [-0.1, -0.05) is 6.92 Å². The SMILES string of the molecule is C[C@@]12[C@@H]([C@H]3CC[C@]1(C)N=N3)[C@]1(C)CC[C@H]2N=N1. The van der Waals surface area contributed by atoms with Crippen LogP contribution < -0.4 is 0 Å². The summed E-state index contributed by atoms with van der Waals surface area (Å²) in [6, 6.07) is 0.773. The molecule has 4 aliphatic heterocycles. The molecular weight excluding hydrogens is 212 g/mol. The molecule has 0 saturated heterocycles. The minimum absolute atomic E-state index is 0.00178. The first-order valence-corrected chi connectivity index (χ1v) is 6.84. The van der Waals surface area contributed by atoms with Crippen molar-refractivity contribution in [1.82, 2.24) is 0 Å². The van der Waals surface area contributed by atoms with E-state index >= 15 is 0 Å². The van der Waals surface area contributed by atoms with Gasteiger partial charge in [-0.15, -0.1) is 0 Å². The summed E-state index contributed by atoms with van der Waals surface area (Å²) in [4.78, 5) is 0. The van der Waals surface area contributed by atoms with Crippen LogP contribution in [0.2, 0.25) is 0 Å². The number of rotatable bonds is 0. The quantitative estimate of drug-likeness (QED) is 0.615. The molecule has 0 unspecified atom stereocenters. The van der Waals surface area contributed by atoms with Gasteiger partial charge in [-0.2, -0.15) is 20.5 Å². The molecule has 0 N–H and O–H groups in total. The van der Waals surface area contributed by atoms with Crippen molar-refractivity contribution in [3.8, 4) is 0 Å². The third-order valence-corrected chi connectivity index (χ3v) is 6.26. The minimum Gasteiger partial charge on any atom is -0.190 e. The van der Waals surface area contributed by atoms with Crippen LogP contribution >= 0.6 is 0 Å². The zero-order valence-electron chi connectivity index (χ0n) is 10.8. The second-order valence-electron chi connectivity index (χ2n) is 6.98. The largest absolute Gasteiger partial charge is 0.190 e. The number of hydrogen-bond acceptors (Lipinski definition) is 4. The molecule has 4 heterocycles. The summed E-state index contributed by atoms with van der Waals surface area (Å²) in [6.45, 7) is 6.98. The Balaban J connectivity index is 1.97. The molecule has 2 aliphatic carbocycles. The van der Waals surface area contributed by atoms with Gasteiger partial charge in [0, 0.05) is 11.3 Å². The van der Waals surface area contributed by atoms with E-state index in [2.05, 4.69) is 41.2 Å². The monoisotopic (exact) mass is 232 g/mol. The Labute approximate surface area is 102 Å². The normalized spacial score (nSPS) is 62.9. The fourth-order valence-electron chi connectivity index (χ4n) is 5.09. The van der Waals surface area contributed by atoms with Crippen molar-refractivity contribution in [3.63, 3.8) is 0 Å². The molecule has 0 aromatic rings. The van der Waals surface area contributed by atoms with Crippen molar-refractivity contribution in [3.05, 3.63) is 0 Å². The second kappa shape index (κ2) is 2.62. The average Bonchev–Trinajstić information content (AvgIpc) is 2.31. The van der Waals surface area contributed by atoms with Crippen LogP contribution in [0.15, 0.2) is 20.5 Å². The Morgan fingerprint density at radius 1 is 0.941 bits per heavy atom. The molecule has 17 heavy (non-hydrogen) atoms. The van der Waals surface area contributed by atoms with Crippen molar-refractivity contribution in [1.29, 1.82) is 0 Å². The van der Waals surface area contributed by atoms with Crippen molar-refractivity contribution in [2.24, 2.45) is 31.8 Å². The molecule has 0 radical (unpaired) electrons. The van der Waals surface area contributed by atoms with Crippen LogP contribution in [0.25, 0.3) is 0 Å². The Morgan fingerprint density at radius 2 is 1.76 bits per heavy atom. The van der Waals surface area contributed by atoms with Crippen LogP contribution in [0.5, 0.6) is 0 Å². The Hall–Kier alpha value is -0.800. The van der Waals surface area contributed by atoms with Gasteiger partial charge < -0.3 is 0 Å². The van der Waals surface area contributed by atoms with Gasteiger partial charge in [0.15, 0.2) is 0 Å². The smallest absolute Gasteiger partial charge is 0.0867 e. The Bertz CT molecular complexity index is 445. The first kappa shape index (κ1) is 10.2. The molecule has 4 nitrogen and oxygen atoms in total. The summed E-state index contributed by atoms with van der Waals surface area (Å²) in [6.07, 6.45) is 4.74. The van der Waals surface area contributed by atoms with Gasteiger partial charge in [0.1, 0.15) is 0 Å². The first-order valence-electron chi connectivity index (χ1n) is 6.84. The molecule has 2 fully saturated rings. The fourth-order valence-corrected chi connectivity index (χ4v) is 5.09. The van der Waals surface area contributed by atoms with Gasteiger partial charge in [-0.05, 0) is 39.5 Å². The third kappa shape index (κ3) is 0.902. The van der Waals surface area contributed by atoms with Crippen molar-refractivity contribution in [2.45, 2.75) is 69.6 Å². The molecule has 6 aliphatic rings. The van der Waals surface area contributed by atoms with Crippen LogP contribution in [-0.4, -0.2) is 23.2 Å². The van der Waals surface area contributed by atoms with Crippen LogP contribution in [0, 0.1) is 11.3 Å². The molecule has 4 heteroatoms. The van der Waals surface area contributed by atoms with Gasteiger partial charge in [-0.3, -0.25) is 0 Å². The molecular formula is C13H20N4. The maximum atomic E-state index is 4.66. The summed E-state index contributed by atoms with van der Waals surface area (Å²) < 4.78 is 0. The van der Waals surface area contributed by atoms with Crippen LogP contribution in [0.1, 0.15) is 46.5 Å². The highest BCUT2D eigenvalue weighted by molar-refractivity contribution is 5.24. The standard InChI is InChI=1S/C13H20N4/c1-11-6-5-9(15-16-11)13(3)10(11)8-4-7-12(13,2)17-14-8/h8-10H,4-7H2,1-3H3/t8-,9-,10+,11+,12+,13-/m1/s1. The molecule has 0 spiro atoms. The molecule has 92 valence electrons. The molecule has 0 aromatic heterocycles. The van der Waals surface area contributed by atoms with E-state index in [1.807, 2.05) is 0 Å². The van der Waals surface area contributed by atoms with E-state index in [9.17, 15) is 0 Å². The summed E-state index contributed by atoms with van der Waals surface area (Å²) in [5, 5.41) is 18.5. The Kier molecular flexibility index (Phi) is 1.57. The van der Waals surface area contributed by atoms with Crippen LogP contribution in [-0.2, 0) is 0 Å². The predicted molar refractivity (Wildman–Crippen MR) is 64.2 cm³/mol. The van der Waals surface area contributed by atoms with E-state index in [-0.39, 0.29) is 16.5 Å². The summed E-state index contributed by atoms with van der Waals surface area (Å²) >= 11 is 0. The van der Waals surface area contributed by atoms with Gasteiger partial charge in [-0.25, -0.2) is 0 Å². The lowest BCUT2D eigenvalue weighted by Crippen LogP contribution is -2.71. The number of azo groups is 2. The Morgan fingerprint density at radius 3 is 2.29 bits per heavy atom. The number of hydrogen-bond donors (Lipinski definition) is 0. The minimum atomic E-state index is -0.00178. The molecule has 0 amide bonds. The summed E-state index contributed by atoms with van der Waals surface area (Å²) in [5.74, 6) is 0.558. The molecule has 0 aromatic carbocycles. The zero-order valence-corrected chi connectivity index (χ0v) is 10.8. The van der Waals surface area contributed by atoms with Crippen molar-refractivity contribution < 1.29 is 0 Å². The van der Waals surface area contributed by atoms with Crippen molar-refractivity contribution >= 4 is 0 Å². The lowest BCUT2D eigenvalue weighted by atomic mass is 9.44. The molecule has 2 saturated carbocycles. The molecule has 6 rings (SSSR count). The van der Waals surface area contributed by atoms with Gasteiger partial charge in [0.25, 0.3) is 0 Å². The maximum absolute atomic E-state index is 4.66. The first-order chi connectivity index (χ1) is 8.00. The van der Waals surface area contributed by atoms with Crippen LogP contribution in [0.4, 0.5) is 0 Å². The van der Waals surface area contributed by atoms with Gasteiger partial charge >= 0.3 is 0 Å². The van der Waals surface area contributed by atoms with Gasteiger partial charge in [0.2, 0.25) is 0 Å². The third-order valence-electron chi connectivity index (χ3n) is 6.26. The van der Waals surface area contributed by atoms with E-state index < -0.39 is 0 Å². The zero-order chi connectivity index (χ0) is 11.9. The summed E-state index contributed by atoms with van der Waals surface area (Å²) in [7, 11) is 0. The molecule has 6 atom stereocenters. The van der Waals surface area contributed by atoms with E-state index in [0.717, 1.165) is 0 Å². The van der Waals surface area contributed by atoms with Crippen molar-refractivity contribution in [2.75, 3.05) is 0 Å². The number of fused-ring (bicyclic) bond motifs is 2. The van der Waals surface area contributed by atoms with E-state index in [1.165, 1.54) is 25.7 Å². The highest BCUT2D eigenvalue weighted by atomic mass is 15.3. The fraction of sp³-hybridized carbons (Fsp3) is 1.00. The van der Waals surface area contributed by atoms with Crippen LogP contribution in [0.3, 0.4) is 0 Å². The average molecular weight is 232 g/mol. The van der Waals surface area contributed by atoms with E-state index in [1.54, 1.807) is 0 Å². The molecule has 4 bridgehead atoms. The second-order valence-corrected chi connectivity index (χ2v) is 6.98. The van der Waals surface area contributed by atoms with E-state index in [4.69, 9.17) is 0 Å². The van der Waals surface area contributed by atoms with E-state index in [0.29, 0.717) is 18.0 Å². The highest BCUT2D eigenvalue weighted by Gasteiger charge is 2.70. The highest BCUT2D eigenvalue weighted by Crippen LogP contribution is 2.66. The predicted octanol–water partition coefficient (Wildman–Crippen LogP) is 3.38. The lowest BCUT2D eigenvalue weighted by Gasteiger charge is -2.66. The summed E-state index contributed by atoms with van der Waals surface area (Å²) in [5.41, 5.74) is 0.208. The number of nitrogens with zero attached hydrogens (tertiary/aromatic N) is 4. The van der Waals surface area contributed by atoms with Gasteiger partial charge in [0.05, 0.1) is 23.2 Å². The lowest BCUT2D eigenvalue weighted by molar-refractivity contribution is -0.119. The topological polar surface area (TPSA) is 49.4 Å². The maximum Gasteiger partial charge on any atom is 0.0867 e.